The van der Waals surface area contributed by atoms with Crippen molar-refractivity contribution < 1.29 is 9.50 Å². The minimum atomic E-state index is -0.734. The van der Waals surface area contributed by atoms with Crippen LogP contribution in [-0.2, 0) is 0 Å². The molecule has 0 saturated heterocycles. The maximum Gasteiger partial charge on any atom is 0.0973 e. The average Bonchev–Trinajstić information content (AvgIpc) is 1.87. The van der Waals surface area contributed by atoms with Crippen LogP contribution in [0.2, 0.25) is 0 Å². The molecule has 0 heterocycles. The van der Waals surface area contributed by atoms with E-state index in [1.807, 2.05) is 0 Å². The lowest BCUT2D eigenvalue weighted by Crippen LogP contribution is -2.14. The summed E-state index contributed by atoms with van der Waals surface area (Å²) in [6.45, 7) is 5.87. The first-order valence-corrected chi connectivity index (χ1v) is 4.32. The Hall–Kier alpha value is -0.110. The molecule has 0 fully saturated rings. The van der Waals surface area contributed by atoms with E-state index in [1.54, 1.807) is 6.92 Å². The van der Waals surface area contributed by atoms with Gasteiger partial charge in [-0.15, -0.1) is 0 Å². The van der Waals surface area contributed by atoms with Crippen LogP contribution < -0.4 is 0 Å². The minimum absolute atomic E-state index is 0.185. The molecule has 11 heavy (non-hydrogen) atoms. The van der Waals surface area contributed by atoms with Crippen molar-refractivity contribution in [2.75, 3.05) is 6.61 Å². The highest BCUT2D eigenvalue weighted by atomic mass is 19.1. The molecule has 0 aromatic carbocycles. The lowest BCUT2D eigenvalue weighted by atomic mass is 9.91. The second kappa shape index (κ2) is 5.53. The fourth-order valence-electron chi connectivity index (χ4n) is 1.08. The summed E-state index contributed by atoms with van der Waals surface area (Å²) in [5.41, 5.74) is 0. The third-order valence-electron chi connectivity index (χ3n) is 2.11. The molecule has 68 valence electrons. The second-order valence-corrected chi connectivity index (χ2v) is 3.54. The number of halogens is 1. The van der Waals surface area contributed by atoms with Gasteiger partial charge in [0.15, 0.2) is 0 Å². The summed E-state index contributed by atoms with van der Waals surface area (Å²) >= 11 is 0. The highest BCUT2D eigenvalue weighted by Crippen LogP contribution is 2.17. The zero-order chi connectivity index (χ0) is 8.85. The van der Waals surface area contributed by atoms with Crippen LogP contribution in [0.4, 0.5) is 4.39 Å². The highest BCUT2D eigenvalue weighted by Gasteiger charge is 2.12. The fourth-order valence-corrected chi connectivity index (χ4v) is 1.08. The number of rotatable bonds is 5. The van der Waals surface area contributed by atoms with Gasteiger partial charge >= 0.3 is 0 Å². The molecular weight excluding hydrogens is 143 g/mol. The van der Waals surface area contributed by atoms with Crippen LogP contribution in [0.15, 0.2) is 0 Å². The van der Waals surface area contributed by atoms with Gasteiger partial charge in [-0.1, -0.05) is 13.8 Å². The molecule has 0 saturated carbocycles. The summed E-state index contributed by atoms with van der Waals surface area (Å²) in [7, 11) is 0. The Morgan fingerprint density at radius 1 is 1.18 bits per heavy atom. The first-order chi connectivity index (χ1) is 5.07. The van der Waals surface area contributed by atoms with Crippen molar-refractivity contribution in [3.63, 3.8) is 0 Å². The van der Waals surface area contributed by atoms with Gasteiger partial charge in [0, 0.05) is 6.61 Å². The van der Waals surface area contributed by atoms with Crippen molar-refractivity contribution in [3.8, 4) is 0 Å². The molecule has 0 aromatic heterocycles. The number of aliphatic hydroxyl groups is 1. The maximum absolute atomic E-state index is 12.4. The monoisotopic (exact) mass is 162 g/mol. The molecule has 0 rings (SSSR count). The molecule has 2 heteroatoms. The summed E-state index contributed by atoms with van der Waals surface area (Å²) in [5, 5.41) is 8.89. The van der Waals surface area contributed by atoms with Crippen molar-refractivity contribution in [2.45, 2.75) is 39.8 Å². The van der Waals surface area contributed by atoms with E-state index < -0.39 is 6.17 Å². The quantitative estimate of drug-likeness (QED) is 0.658. The molecule has 2 unspecified atom stereocenters. The number of hydrogen-bond donors (Lipinski definition) is 1. The van der Waals surface area contributed by atoms with Gasteiger partial charge in [0.2, 0.25) is 0 Å². The Bertz CT molecular complexity index is 91.6. The van der Waals surface area contributed by atoms with Gasteiger partial charge in [-0.3, -0.25) is 0 Å². The van der Waals surface area contributed by atoms with Crippen LogP contribution in [-0.4, -0.2) is 17.9 Å². The second-order valence-electron chi connectivity index (χ2n) is 3.54. The largest absolute Gasteiger partial charge is 0.396 e. The Morgan fingerprint density at radius 3 is 2.00 bits per heavy atom. The zero-order valence-corrected chi connectivity index (χ0v) is 7.68. The molecule has 1 nitrogen and oxygen atoms in total. The van der Waals surface area contributed by atoms with E-state index in [4.69, 9.17) is 5.11 Å². The third-order valence-corrected chi connectivity index (χ3v) is 2.11. The zero-order valence-electron chi connectivity index (χ0n) is 7.68. The van der Waals surface area contributed by atoms with Crippen molar-refractivity contribution in [3.05, 3.63) is 0 Å². The van der Waals surface area contributed by atoms with Gasteiger partial charge in [-0.25, -0.2) is 4.39 Å². The van der Waals surface area contributed by atoms with Crippen molar-refractivity contribution >= 4 is 0 Å². The normalized spacial score (nSPS) is 16.9. The predicted molar refractivity (Wildman–Crippen MR) is 45.2 cm³/mol. The molecular formula is C9H19FO. The molecule has 1 N–H and O–H groups in total. The molecule has 0 aliphatic heterocycles. The highest BCUT2D eigenvalue weighted by molar-refractivity contribution is 4.63. The lowest BCUT2D eigenvalue weighted by molar-refractivity contribution is 0.168. The molecule has 0 aromatic rings. The summed E-state index contributed by atoms with van der Waals surface area (Å²) in [6, 6.07) is 0. The maximum atomic E-state index is 12.4. The van der Waals surface area contributed by atoms with Gasteiger partial charge in [0.25, 0.3) is 0 Å². The Labute approximate surface area is 68.6 Å². The van der Waals surface area contributed by atoms with Crippen LogP contribution in [0, 0.1) is 11.8 Å². The van der Waals surface area contributed by atoms with Crippen molar-refractivity contribution in [1.29, 1.82) is 0 Å². The van der Waals surface area contributed by atoms with E-state index in [9.17, 15) is 4.39 Å². The van der Waals surface area contributed by atoms with Crippen LogP contribution >= 0.6 is 0 Å². The van der Waals surface area contributed by atoms with Crippen molar-refractivity contribution in [2.24, 2.45) is 11.8 Å². The molecule has 0 radical (unpaired) electrons. The van der Waals surface area contributed by atoms with Gasteiger partial charge in [-0.05, 0) is 31.6 Å². The fraction of sp³-hybridized carbons (Fsp3) is 1.00. The topological polar surface area (TPSA) is 20.2 Å². The molecule has 0 aliphatic rings. The number of hydrogen-bond acceptors (Lipinski definition) is 1. The molecule has 0 amide bonds. The number of aliphatic hydroxyl groups excluding tert-OH is 1. The Kier molecular flexibility index (Phi) is 5.47. The predicted octanol–water partition coefficient (Wildman–Crippen LogP) is 2.39. The number of alkyl halides is 1. The standard InChI is InChI=1S/C9H19FO/c1-7(2)9(6-11)5-4-8(3)10/h7-9,11H,4-6H2,1-3H3. The average molecular weight is 162 g/mol. The first kappa shape index (κ1) is 10.9. The minimum Gasteiger partial charge on any atom is -0.396 e. The van der Waals surface area contributed by atoms with E-state index in [0.29, 0.717) is 12.3 Å². The summed E-state index contributed by atoms with van der Waals surface area (Å²) < 4.78 is 12.4. The van der Waals surface area contributed by atoms with Gasteiger partial charge in [-0.2, -0.15) is 0 Å². The van der Waals surface area contributed by atoms with Crippen LogP contribution in [0.1, 0.15) is 33.6 Å². The lowest BCUT2D eigenvalue weighted by Gasteiger charge is -2.17. The van der Waals surface area contributed by atoms with E-state index in [-0.39, 0.29) is 12.5 Å². The van der Waals surface area contributed by atoms with Gasteiger partial charge in [0.05, 0.1) is 6.17 Å². The van der Waals surface area contributed by atoms with E-state index in [1.165, 1.54) is 0 Å². The molecule has 2 atom stereocenters. The summed E-state index contributed by atoms with van der Waals surface area (Å²) in [6.07, 6.45) is 0.637. The first-order valence-electron chi connectivity index (χ1n) is 4.32. The smallest absolute Gasteiger partial charge is 0.0973 e. The third kappa shape index (κ3) is 5.19. The van der Waals surface area contributed by atoms with E-state index in [0.717, 1.165) is 6.42 Å². The van der Waals surface area contributed by atoms with Gasteiger partial charge < -0.3 is 5.11 Å². The Balaban J connectivity index is 3.52. The summed E-state index contributed by atoms with van der Waals surface area (Å²) in [4.78, 5) is 0. The Morgan fingerprint density at radius 2 is 1.73 bits per heavy atom. The van der Waals surface area contributed by atoms with Crippen LogP contribution in [0.3, 0.4) is 0 Å². The molecule has 0 spiro atoms. The SMILES string of the molecule is CC(F)CCC(CO)C(C)C. The van der Waals surface area contributed by atoms with Crippen LogP contribution in [0.5, 0.6) is 0 Å². The van der Waals surface area contributed by atoms with Gasteiger partial charge in [0.1, 0.15) is 0 Å². The van der Waals surface area contributed by atoms with Crippen LogP contribution in [0.25, 0.3) is 0 Å². The molecule has 0 bridgehead atoms. The summed E-state index contributed by atoms with van der Waals surface area (Å²) in [5.74, 6) is 0.729. The van der Waals surface area contributed by atoms with Crippen molar-refractivity contribution in [1.82, 2.24) is 0 Å². The van der Waals surface area contributed by atoms with E-state index >= 15 is 0 Å². The molecule has 0 aliphatic carbocycles. The van der Waals surface area contributed by atoms with E-state index in [2.05, 4.69) is 13.8 Å².